The second kappa shape index (κ2) is 11.6. The van der Waals surface area contributed by atoms with E-state index in [1.54, 1.807) is 39.0 Å². The lowest BCUT2D eigenvalue weighted by Crippen LogP contribution is -2.53. The van der Waals surface area contributed by atoms with Crippen molar-refractivity contribution in [1.29, 1.82) is 5.26 Å². The summed E-state index contributed by atoms with van der Waals surface area (Å²) in [6.45, 7) is 8.71. The molecule has 1 atom stereocenters. The van der Waals surface area contributed by atoms with Crippen LogP contribution >= 0.6 is 11.3 Å². The van der Waals surface area contributed by atoms with E-state index in [1.165, 1.54) is 39.2 Å². The van der Waals surface area contributed by atoms with Crippen LogP contribution < -0.4 is 11.2 Å². The number of hydrogen-bond donors (Lipinski definition) is 1. The number of aromatic nitrogens is 5. The zero-order valence-corrected chi connectivity index (χ0v) is 23.9. The molecule has 0 aliphatic rings. The van der Waals surface area contributed by atoms with E-state index in [-0.39, 0.29) is 48.8 Å². The molecule has 11 nitrogen and oxygen atoms in total. The molecule has 3 heterocycles. The number of thiophene rings is 1. The molecule has 0 radical (unpaired) electrons. The summed E-state index contributed by atoms with van der Waals surface area (Å²) in [6, 6.07) is 8.63. The van der Waals surface area contributed by atoms with E-state index in [0.717, 1.165) is 4.57 Å². The second-order valence-electron chi connectivity index (χ2n) is 10.5. The zero-order chi connectivity index (χ0) is 29.2. The van der Waals surface area contributed by atoms with Crippen molar-refractivity contribution in [2.75, 3.05) is 6.61 Å². The van der Waals surface area contributed by atoms with Crippen molar-refractivity contribution in [3.63, 3.8) is 0 Å². The monoisotopic (exact) mass is 564 g/mol. The molecule has 0 bridgehead atoms. The number of ketones is 1. The van der Waals surface area contributed by atoms with Gasteiger partial charge >= 0.3 is 5.69 Å². The van der Waals surface area contributed by atoms with Crippen molar-refractivity contribution in [2.45, 2.75) is 65.6 Å². The molecular weight excluding hydrogens is 532 g/mol. The van der Waals surface area contributed by atoms with E-state index in [9.17, 15) is 19.5 Å². The van der Waals surface area contributed by atoms with Gasteiger partial charge in [-0.1, -0.05) is 43.4 Å². The third-order valence-electron chi connectivity index (χ3n) is 6.79. The van der Waals surface area contributed by atoms with E-state index in [0.29, 0.717) is 21.0 Å². The summed E-state index contributed by atoms with van der Waals surface area (Å²) in [4.78, 5) is 43.3. The van der Waals surface area contributed by atoms with Crippen LogP contribution in [-0.4, -0.2) is 41.6 Å². The van der Waals surface area contributed by atoms with Crippen molar-refractivity contribution >= 4 is 27.3 Å². The number of para-hydroxylation sites is 1. The lowest BCUT2D eigenvalue weighted by atomic mass is 9.91. The Morgan fingerprint density at radius 1 is 1.20 bits per heavy atom. The SMILES string of the molecule is Cc1c(-n2nccn2)sc2c1c(=O)n(C(C)(C)C(=O)CC(C)C)c(=O)n2C[C@H](OCCC#N)c1ccccc1O. The molecule has 0 aliphatic heterocycles. The van der Waals surface area contributed by atoms with Crippen molar-refractivity contribution < 1.29 is 14.6 Å². The summed E-state index contributed by atoms with van der Waals surface area (Å²) >= 11 is 1.18. The molecule has 0 saturated carbocycles. The van der Waals surface area contributed by atoms with Crippen LogP contribution in [0.25, 0.3) is 15.2 Å². The molecule has 0 saturated heterocycles. The van der Waals surface area contributed by atoms with Gasteiger partial charge in [-0.2, -0.15) is 15.5 Å². The van der Waals surface area contributed by atoms with Gasteiger partial charge in [-0.3, -0.25) is 14.2 Å². The van der Waals surface area contributed by atoms with Crippen molar-refractivity contribution in [1.82, 2.24) is 24.1 Å². The Balaban J connectivity index is 2.01. The van der Waals surface area contributed by atoms with Crippen LogP contribution in [0.1, 0.15) is 57.8 Å². The molecule has 0 spiro atoms. The topological polar surface area (TPSA) is 145 Å². The summed E-state index contributed by atoms with van der Waals surface area (Å²) in [5, 5.41) is 28.9. The molecule has 0 amide bonds. The number of aryl methyl sites for hydroxylation is 1. The van der Waals surface area contributed by atoms with E-state index >= 15 is 0 Å². The van der Waals surface area contributed by atoms with Gasteiger partial charge in [0.2, 0.25) is 0 Å². The van der Waals surface area contributed by atoms with Crippen LogP contribution in [0.15, 0.2) is 46.2 Å². The van der Waals surface area contributed by atoms with Gasteiger partial charge in [-0.15, -0.1) is 4.80 Å². The number of phenols is 1. The Kier molecular flexibility index (Phi) is 8.37. The third-order valence-corrected chi connectivity index (χ3v) is 8.07. The number of benzene rings is 1. The fraction of sp³-hybridized carbons (Fsp3) is 0.429. The number of carbonyl (C=O) groups is 1. The van der Waals surface area contributed by atoms with Gasteiger partial charge in [0.25, 0.3) is 5.56 Å². The highest BCUT2D eigenvalue weighted by Gasteiger charge is 2.36. The van der Waals surface area contributed by atoms with Gasteiger partial charge < -0.3 is 9.84 Å². The number of fused-ring (bicyclic) bond motifs is 1. The van der Waals surface area contributed by atoms with Gasteiger partial charge in [0.1, 0.15) is 27.2 Å². The molecular formula is C28H32N6O5S. The summed E-state index contributed by atoms with van der Waals surface area (Å²) in [5.74, 6) is -0.233. The first-order chi connectivity index (χ1) is 19.0. The first kappa shape index (κ1) is 28.9. The number of phenolic OH excluding ortho intramolecular Hbond substituents is 1. The minimum Gasteiger partial charge on any atom is -0.508 e. The van der Waals surface area contributed by atoms with Crippen LogP contribution in [-0.2, 0) is 21.6 Å². The summed E-state index contributed by atoms with van der Waals surface area (Å²) < 4.78 is 8.44. The van der Waals surface area contributed by atoms with Crippen LogP contribution in [0.2, 0.25) is 0 Å². The van der Waals surface area contributed by atoms with E-state index < -0.39 is 22.9 Å². The molecule has 1 N–H and O–H groups in total. The molecule has 4 aromatic rings. The Labute approximate surface area is 234 Å². The number of carbonyl (C=O) groups excluding carboxylic acids is 1. The highest BCUT2D eigenvalue weighted by atomic mass is 32.1. The first-order valence-electron chi connectivity index (χ1n) is 12.9. The number of nitriles is 1. The fourth-order valence-corrected chi connectivity index (χ4v) is 5.88. The van der Waals surface area contributed by atoms with Crippen LogP contribution in [0.4, 0.5) is 0 Å². The maximum absolute atomic E-state index is 14.2. The first-order valence-corrected chi connectivity index (χ1v) is 13.8. The number of hydrogen-bond acceptors (Lipinski definition) is 9. The normalized spacial score (nSPS) is 12.6. The average molecular weight is 565 g/mol. The highest BCUT2D eigenvalue weighted by molar-refractivity contribution is 7.21. The van der Waals surface area contributed by atoms with Gasteiger partial charge in [0, 0.05) is 17.5 Å². The number of Topliss-reactive ketones (excluding diaryl/α,β-unsaturated/α-hetero) is 1. The van der Waals surface area contributed by atoms with Crippen molar-refractivity contribution in [3.8, 4) is 16.8 Å². The molecule has 0 unspecified atom stereocenters. The Morgan fingerprint density at radius 2 is 1.88 bits per heavy atom. The lowest BCUT2D eigenvalue weighted by molar-refractivity contribution is -0.127. The average Bonchev–Trinajstić information content (AvgIpc) is 3.53. The number of rotatable bonds is 11. The summed E-state index contributed by atoms with van der Waals surface area (Å²) in [6.07, 6.45) is 2.50. The van der Waals surface area contributed by atoms with Crippen LogP contribution in [0, 0.1) is 24.2 Å². The van der Waals surface area contributed by atoms with E-state index in [2.05, 4.69) is 10.2 Å². The summed E-state index contributed by atoms with van der Waals surface area (Å²) in [5.41, 5.74) is -1.69. The maximum atomic E-state index is 14.2. The number of aromatic hydroxyl groups is 1. The molecule has 12 heteroatoms. The smallest absolute Gasteiger partial charge is 0.333 e. The standard InChI is InChI=1S/C28H32N6O5S/c1-17(2)15-22(36)28(4,5)33-24(37)23-18(3)25(34-30-12-13-31-34)40-26(23)32(27(33)38)16-21(39-14-8-11-29)19-9-6-7-10-20(19)35/h6-7,9-10,12-13,17,21,35H,8,14-16H2,1-5H3/t21-/m0/s1. The van der Waals surface area contributed by atoms with E-state index in [1.807, 2.05) is 19.9 Å². The van der Waals surface area contributed by atoms with Gasteiger partial charge in [-0.25, -0.2) is 9.36 Å². The number of ether oxygens (including phenoxy) is 1. The lowest BCUT2D eigenvalue weighted by Gasteiger charge is -2.28. The Bertz CT molecular complexity index is 1690. The largest absolute Gasteiger partial charge is 0.508 e. The molecule has 0 aliphatic carbocycles. The molecule has 3 aromatic heterocycles. The minimum atomic E-state index is -1.43. The molecule has 0 fully saturated rings. The number of nitrogens with zero attached hydrogens (tertiary/aromatic N) is 6. The van der Waals surface area contributed by atoms with Crippen LogP contribution in [0.3, 0.4) is 0 Å². The predicted molar refractivity (Wildman–Crippen MR) is 151 cm³/mol. The van der Waals surface area contributed by atoms with Crippen molar-refractivity contribution in [2.24, 2.45) is 5.92 Å². The molecule has 1 aromatic carbocycles. The van der Waals surface area contributed by atoms with Gasteiger partial charge in [0.05, 0.1) is 43.4 Å². The zero-order valence-electron chi connectivity index (χ0n) is 23.1. The van der Waals surface area contributed by atoms with E-state index in [4.69, 9.17) is 10.00 Å². The molecule has 4 rings (SSSR count). The van der Waals surface area contributed by atoms with Gasteiger partial charge in [-0.05, 0) is 32.8 Å². The predicted octanol–water partition coefficient (Wildman–Crippen LogP) is 3.84. The van der Waals surface area contributed by atoms with Gasteiger partial charge in [0.15, 0.2) is 5.78 Å². The quantitative estimate of drug-likeness (QED) is 0.271. The third kappa shape index (κ3) is 5.35. The van der Waals surface area contributed by atoms with Crippen LogP contribution in [0.5, 0.6) is 5.75 Å². The minimum absolute atomic E-state index is 0.0293. The summed E-state index contributed by atoms with van der Waals surface area (Å²) in [7, 11) is 0. The molecule has 40 heavy (non-hydrogen) atoms. The fourth-order valence-electron chi connectivity index (χ4n) is 4.66. The Hall–Kier alpha value is -4.08. The maximum Gasteiger partial charge on any atom is 0.333 e. The molecule has 210 valence electrons. The highest BCUT2D eigenvalue weighted by Crippen LogP contribution is 2.34. The second-order valence-corrected chi connectivity index (χ2v) is 11.4. The Morgan fingerprint density at radius 3 is 2.50 bits per heavy atom. The van der Waals surface area contributed by atoms with Crippen molar-refractivity contribution in [3.05, 3.63) is 68.6 Å².